The van der Waals surface area contributed by atoms with Gasteiger partial charge in [0.1, 0.15) is 29.8 Å². The number of carbonyl (C=O) groups is 4. The van der Waals surface area contributed by atoms with Crippen LogP contribution in [-0.4, -0.2) is 139 Å². The fraction of sp³-hybridized carbons (Fsp3) is 0.405. The molecule has 19 nitrogen and oxygen atoms in total. The van der Waals surface area contributed by atoms with Crippen molar-refractivity contribution in [3.63, 3.8) is 0 Å². The van der Waals surface area contributed by atoms with Gasteiger partial charge in [0, 0.05) is 56.9 Å². The summed E-state index contributed by atoms with van der Waals surface area (Å²) < 4.78 is 13.0. The summed E-state index contributed by atoms with van der Waals surface area (Å²) in [4.78, 5) is 83.4. The van der Waals surface area contributed by atoms with Crippen molar-refractivity contribution in [1.82, 2.24) is 49.5 Å². The predicted octanol–water partition coefficient (Wildman–Crippen LogP) is 3.44. The molecule has 5 aromatic rings. The van der Waals surface area contributed by atoms with Crippen molar-refractivity contribution in [2.45, 2.75) is 56.9 Å². The molecule has 1 fully saturated rings. The molecule has 7 rings (SSSR count). The number of aryl methyl sites for hydroxylation is 1. The van der Waals surface area contributed by atoms with Gasteiger partial charge in [-0.3, -0.25) is 19.7 Å². The fourth-order valence-electron chi connectivity index (χ4n) is 7.43. The van der Waals surface area contributed by atoms with Gasteiger partial charge in [-0.25, -0.2) is 24.2 Å². The fourth-order valence-corrected chi connectivity index (χ4v) is 8.99. The molecule has 0 aliphatic carbocycles. The number of ether oxygens (including phenoxy) is 2. The normalized spacial score (nSPS) is 16.3. The van der Waals surface area contributed by atoms with Crippen LogP contribution in [0.5, 0.6) is 11.5 Å². The molecule has 2 aliphatic heterocycles. The van der Waals surface area contributed by atoms with E-state index >= 15 is 0 Å². The number of amides is 5. The summed E-state index contributed by atoms with van der Waals surface area (Å²) in [6.07, 6.45) is 3.70. The van der Waals surface area contributed by atoms with E-state index in [1.165, 1.54) is 29.3 Å². The first-order valence-corrected chi connectivity index (χ1v) is 22.2. The molecule has 2 atom stereocenters. The lowest BCUT2D eigenvalue weighted by atomic mass is 9.88. The number of aromatic nitrogens is 6. The van der Waals surface area contributed by atoms with Crippen molar-refractivity contribution in [3.8, 4) is 11.5 Å². The van der Waals surface area contributed by atoms with Crippen molar-refractivity contribution in [2.24, 2.45) is 0 Å². The third-order valence-electron chi connectivity index (χ3n) is 10.9. The van der Waals surface area contributed by atoms with Crippen molar-refractivity contribution in [1.29, 1.82) is 0 Å². The van der Waals surface area contributed by atoms with Crippen molar-refractivity contribution in [2.75, 3.05) is 70.4 Å². The number of piperazine rings is 1. The first kappa shape index (κ1) is 44.7. The van der Waals surface area contributed by atoms with Gasteiger partial charge in [0.2, 0.25) is 17.7 Å². The molecule has 3 N–H and O–H groups in total. The summed E-state index contributed by atoms with van der Waals surface area (Å²) in [6.45, 7) is 7.62. The Morgan fingerprint density at radius 1 is 1.02 bits per heavy atom. The van der Waals surface area contributed by atoms with Gasteiger partial charge in [-0.1, -0.05) is 23.0 Å². The van der Waals surface area contributed by atoms with Crippen LogP contribution in [0.15, 0.2) is 70.1 Å². The lowest BCUT2D eigenvalue weighted by molar-refractivity contribution is -0.147. The molecule has 5 amide bonds. The smallest absolute Gasteiger partial charge is 0.345 e. The quantitative estimate of drug-likeness (QED) is 0.102. The summed E-state index contributed by atoms with van der Waals surface area (Å²) >= 11 is 2.46. The SMILES string of the molecule is COc1ccc2c(c1)CC(C(=O)N(C)Cc1cn(CCOc3ccc(NC(=O)Nc4nc(CC(=O)N5CCN(C)CC5)cs4)cc3)nn1)N(C(=O)CSc1[nH]c(=O)ncc1C)[C@H]2C. The first-order valence-electron chi connectivity index (χ1n) is 20.4. The Hall–Kier alpha value is -6.32. The molecule has 0 saturated carbocycles. The number of nitrogens with zero attached hydrogens (tertiary/aromatic N) is 9. The van der Waals surface area contributed by atoms with Crippen LogP contribution in [0.2, 0.25) is 0 Å². The maximum atomic E-state index is 14.2. The number of benzene rings is 2. The zero-order valence-corrected chi connectivity index (χ0v) is 37.3. The second-order valence-electron chi connectivity index (χ2n) is 15.4. The van der Waals surface area contributed by atoms with E-state index in [0.717, 1.165) is 29.8 Å². The minimum absolute atomic E-state index is 0.0108. The lowest BCUT2D eigenvalue weighted by Gasteiger charge is -2.42. The van der Waals surface area contributed by atoms with E-state index in [2.05, 4.69) is 40.8 Å². The zero-order chi connectivity index (χ0) is 44.6. The molecule has 2 aliphatic rings. The Kier molecular flexibility index (Phi) is 14.4. The highest BCUT2D eigenvalue weighted by molar-refractivity contribution is 7.99. The number of urea groups is 1. The number of thioether (sulfide) groups is 1. The standard InChI is InChI=1S/C42H50N12O7S2/c1-26-21-43-40(58)46-38(26)62-25-37(56)54-27(2)34-11-10-33(60-5)18-28(34)19-35(54)39(57)51(4)22-31-23-53(49-48-31)16-17-61-32-8-6-29(7-9-32)44-41(59)47-42-45-30(24-63-42)20-36(55)52-14-12-50(3)13-15-52/h6-11,18,21,23-24,27,35H,12-17,19-20,22,25H2,1-5H3,(H,43,46,58)(H2,44,45,47,59)/t27-,35?/m0/s1. The second kappa shape index (κ2) is 20.2. The van der Waals surface area contributed by atoms with Crippen molar-refractivity contribution >= 4 is 57.7 Å². The van der Waals surface area contributed by atoms with Crippen LogP contribution in [0.25, 0.3) is 0 Å². The van der Waals surface area contributed by atoms with Crippen molar-refractivity contribution in [3.05, 3.63) is 98.8 Å². The number of hydrogen-bond acceptors (Lipinski definition) is 14. The third kappa shape index (κ3) is 11.4. The van der Waals surface area contributed by atoms with Crippen molar-refractivity contribution < 1.29 is 28.7 Å². The van der Waals surface area contributed by atoms with Crippen LogP contribution in [0, 0.1) is 6.92 Å². The number of hydrogen-bond donors (Lipinski definition) is 3. The number of carbonyl (C=O) groups excluding carboxylic acids is 4. The minimum Gasteiger partial charge on any atom is -0.497 e. The second-order valence-corrected chi connectivity index (χ2v) is 17.2. The van der Waals surface area contributed by atoms with Crippen LogP contribution in [0.1, 0.15) is 41.0 Å². The monoisotopic (exact) mass is 898 g/mol. The highest BCUT2D eigenvalue weighted by atomic mass is 32.2. The Labute approximate surface area is 372 Å². The molecule has 63 heavy (non-hydrogen) atoms. The molecule has 5 heterocycles. The van der Waals surface area contributed by atoms with Crippen LogP contribution in [0.4, 0.5) is 15.6 Å². The first-order chi connectivity index (χ1) is 30.3. The molecule has 1 unspecified atom stereocenters. The average molecular weight is 899 g/mol. The summed E-state index contributed by atoms with van der Waals surface area (Å²) in [5.74, 6) is 0.798. The number of nitrogens with one attached hydrogen (secondary N) is 3. The summed E-state index contributed by atoms with van der Waals surface area (Å²) in [5, 5.41) is 16.7. The van der Waals surface area contributed by atoms with Gasteiger partial charge in [0.15, 0.2) is 5.13 Å². The Morgan fingerprint density at radius 2 is 1.78 bits per heavy atom. The molecule has 0 spiro atoms. The van der Waals surface area contributed by atoms with Gasteiger partial charge >= 0.3 is 11.7 Å². The number of thiazole rings is 1. The Bertz CT molecular complexity index is 2480. The van der Waals surface area contributed by atoms with Crippen LogP contribution in [0.3, 0.4) is 0 Å². The van der Waals surface area contributed by atoms with Gasteiger partial charge in [0.05, 0.1) is 55.3 Å². The number of aromatic amines is 1. The van der Waals surface area contributed by atoms with Crippen LogP contribution in [-0.2, 0) is 40.3 Å². The maximum absolute atomic E-state index is 14.2. The average Bonchev–Trinajstić information content (AvgIpc) is 3.92. The van der Waals surface area contributed by atoms with Gasteiger partial charge in [-0.2, -0.15) is 0 Å². The third-order valence-corrected chi connectivity index (χ3v) is 12.8. The summed E-state index contributed by atoms with van der Waals surface area (Å²) in [6, 6.07) is 10.9. The molecule has 1 saturated heterocycles. The van der Waals surface area contributed by atoms with E-state index in [1.807, 2.05) is 37.1 Å². The zero-order valence-electron chi connectivity index (χ0n) is 35.7. The van der Waals surface area contributed by atoms with E-state index in [9.17, 15) is 24.0 Å². The van der Waals surface area contributed by atoms with Gasteiger partial charge in [0.25, 0.3) is 0 Å². The molecular formula is C42H50N12O7S2. The van der Waals surface area contributed by atoms with E-state index in [0.29, 0.717) is 64.8 Å². The highest BCUT2D eigenvalue weighted by Crippen LogP contribution is 2.36. The molecular weight excluding hydrogens is 849 g/mol. The van der Waals surface area contributed by atoms with E-state index in [-0.39, 0.29) is 43.0 Å². The van der Waals surface area contributed by atoms with E-state index in [4.69, 9.17) is 9.47 Å². The number of fused-ring (bicyclic) bond motifs is 1. The number of likely N-dealkylation sites (N-methyl/N-ethyl adjacent to an activating group) is 2. The number of methoxy groups -OCH3 is 1. The Morgan fingerprint density at radius 3 is 2.54 bits per heavy atom. The van der Waals surface area contributed by atoms with Gasteiger partial charge in [-0.15, -0.1) is 16.4 Å². The molecule has 332 valence electrons. The molecule has 3 aromatic heterocycles. The van der Waals surface area contributed by atoms with Crippen LogP contribution < -0.4 is 25.8 Å². The highest BCUT2D eigenvalue weighted by Gasteiger charge is 2.40. The molecule has 2 aromatic carbocycles. The number of H-pyrrole nitrogens is 1. The lowest BCUT2D eigenvalue weighted by Crippen LogP contribution is -2.54. The van der Waals surface area contributed by atoms with Crippen LogP contribution >= 0.6 is 23.1 Å². The molecule has 0 radical (unpaired) electrons. The summed E-state index contributed by atoms with van der Waals surface area (Å²) in [5.41, 5.74) is 3.84. The van der Waals surface area contributed by atoms with E-state index < -0.39 is 23.8 Å². The van der Waals surface area contributed by atoms with E-state index in [1.54, 1.807) is 71.4 Å². The van der Waals surface area contributed by atoms with Gasteiger partial charge in [-0.05, 0) is 74.0 Å². The van der Waals surface area contributed by atoms with Gasteiger partial charge < -0.3 is 39.4 Å². The minimum atomic E-state index is -0.795. The Balaban J connectivity index is 0.885. The largest absolute Gasteiger partial charge is 0.497 e. The predicted molar refractivity (Wildman–Crippen MR) is 237 cm³/mol. The maximum Gasteiger partial charge on any atom is 0.345 e. The number of rotatable bonds is 15. The molecule has 21 heteroatoms. The summed E-state index contributed by atoms with van der Waals surface area (Å²) in [7, 11) is 5.30. The topological polar surface area (TPSA) is 213 Å². The number of anilines is 2. The molecule has 0 bridgehead atoms.